The van der Waals surface area contributed by atoms with Crippen LogP contribution in [0, 0.1) is 0 Å². The van der Waals surface area contributed by atoms with Gasteiger partial charge < -0.3 is 10.3 Å². The van der Waals surface area contributed by atoms with Crippen molar-refractivity contribution >= 4 is 23.5 Å². The predicted molar refractivity (Wildman–Crippen MR) is 78.0 cm³/mol. The molecule has 102 valence electrons. The molecule has 1 aromatic heterocycles. The highest BCUT2D eigenvalue weighted by atomic mass is 32.2. The minimum Gasteiger partial charge on any atom is -0.339 e. The molecule has 18 heavy (non-hydrogen) atoms. The Bertz CT molecular complexity index is 340. The van der Waals surface area contributed by atoms with Crippen LogP contribution in [0.4, 0.5) is 0 Å². The average molecular weight is 287 g/mol. The van der Waals surface area contributed by atoms with Crippen molar-refractivity contribution in [1.82, 2.24) is 10.1 Å². The molecule has 0 amide bonds. The third kappa shape index (κ3) is 4.48. The van der Waals surface area contributed by atoms with E-state index in [1.54, 1.807) is 0 Å². The number of thioether (sulfide) groups is 2. The smallest absolute Gasteiger partial charge is 0.226 e. The zero-order valence-electron chi connectivity index (χ0n) is 10.6. The van der Waals surface area contributed by atoms with Crippen molar-refractivity contribution in [1.29, 1.82) is 0 Å². The van der Waals surface area contributed by atoms with Gasteiger partial charge in [0, 0.05) is 23.7 Å². The average Bonchev–Trinajstić information content (AvgIpc) is 2.88. The van der Waals surface area contributed by atoms with Gasteiger partial charge >= 0.3 is 0 Å². The van der Waals surface area contributed by atoms with Crippen LogP contribution < -0.4 is 5.73 Å². The molecule has 0 radical (unpaired) electrons. The van der Waals surface area contributed by atoms with Crippen LogP contribution in [0.2, 0.25) is 0 Å². The molecule has 0 aromatic carbocycles. The van der Waals surface area contributed by atoms with Gasteiger partial charge in [0.15, 0.2) is 5.82 Å². The summed E-state index contributed by atoms with van der Waals surface area (Å²) >= 11 is 3.92. The van der Waals surface area contributed by atoms with Gasteiger partial charge in [-0.15, -0.1) is 11.8 Å². The summed E-state index contributed by atoms with van der Waals surface area (Å²) in [7, 11) is 0. The van der Waals surface area contributed by atoms with Gasteiger partial charge in [0.1, 0.15) is 0 Å². The Kier molecular flexibility index (Phi) is 6.37. The molecule has 1 saturated heterocycles. The zero-order valence-corrected chi connectivity index (χ0v) is 12.3. The van der Waals surface area contributed by atoms with Gasteiger partial charge in [-0.3, -0.25) is 0 Å². The number of hydrogen-bond acceptors (Lipinski definition) is 6. The van der Waals surface area contributed by atoms with Gasteiger partial charge in [-0.25, -0.2) is 0 Å². The topological polar surface area (TPSA) is 64.9 Å². The summed E-state index contributed by atoms with van der Waals surface area (Å²) in [5.41, 5.74) is 5.46. The van der Waals surface area contributed by atoms with Gasteiger partial charge in [-0.05, 0) is 19.4 Å². The van der Waals surface area contributed by atoms with Crippen LogP contribution in [0.15, 0.2) is 4.52 Å². The van der Waals surface area contributed by atoms with E-state index in [0.717, 1.165) is 43.3 Å². The lowest BCUT2D eigenvalue weighted by atomic mass is 10.1. The minimum atomic E-state index is 0.429. The maximum atomic E-state index is 5.46. The number of nitrogens with two attached hydrogens (primary N) is 1. The molecule has 1 unspecified atom stereocenters. The van der Waals surface area contributed by atoms with Crippen LogP contribution in [-0.4, -0.2) is 33.9 Å². The summed E-state index contributed by atoms with van der Waals surface area (Å²) < 4.78 is 5.32. The standard InChI is InChI=1S/C12H21N3OS2/c13-6-4-2-1-3-5-11-14-12(15-16-11)10-9-17-7-8-18-10/h10H,1-9,13H2. The second-order valence-corrected chi connectivity index (χ2v) is 6.89. The maximum absolute atomic E-state index is 5.46. The Morgan fingerprint density at radius 1 is 1.22 bits per heavy atom. The van der Waals surface area contributed by atoms with E-state index < -0.39 is 0 Å². The van der Waals surface area contributed by atoms with Crippen molar-refractivity contribution in [3.63, 3.8) is 0 Å². The Morgan fingerprint density at radius 3 is 2.89 bits per heavy atom. The lowest BCUT2D eigenvalue weighted by molar-refractivity contribution is 0.368. The van der Waals surface area contributed by atoms with E-state index in [4.69, 9.17) is 10.3 Å². The molecule has 0 aliphatic carbocycles. The van der Waals surface area contributed by atoms with Gasteiger partial charge in [0.2, 0.25) is 5.89 Å². The quantitative estimate of drug-likeness (QED) is 0.778. The molecule has 1 fully saturated rings. The van der Waals surface area contributed by atoms with Crippen LogP contribution >= 0.6 is 23.5 Å². The van der Waals surface area contributed by atoms with Crippen molar-refractivity contribution in [3.8, 4) is 0 Å². The van der Waals surface area contributed by atoms with E-state index in [9.17, 15) is 0 Å². The lowest BCUT2D eigenvalue weighted by Gasteiger charge is -2.16. The molecule has 1 atom stereocenters. The van der Waals surface area contributed by atoms with Crippen LogP contribution in [0.3, 0.4) is 0 Å². The van der Waals surface area contributed by atoms with Crippen LogP contribution in [0.5, 0.6) is 0 Å². The normalized spacial score (nSPS) is 20.2. The monoisotopic (exact) mass is 287 g/mol. The Labute approximate surface area is 117 Å². The number of aromatic nitrogens is 2. The summed E-state index contributed by atoms with van der Waals surface area (Å²) in [6.45, 7) is 0.793. The Morgan fingerprint density at radius 2 is 2.11 bits per heavy atom. The van der Waals surface area contributed by atoms with Crippen molar-refractivity contribution < 1.29 is 4.52 Å². The third-order valence-electron chi connectivity index (χ3n) is 2.93. The summed E-state index contributed by atoms with van der Waals surface area (Å²) in [6.07, 6.45) is 5.54. The molecule has 6 heteroatoms. The first-order valence-electron chi connectivity index (χ1n) is 6.62. The van der Waals surface area contributed by atoms with E-state index >= 15 is 0 Å². The maximum Gasteiger partial charge on any atom is 0.226 e. The third-order valence-corrected chi connectivity index (χ3v) is 5.68. The zero-order chi connectivity index (χ0) is 12.6. The second kappa shape index (κ2) is 8.07. The van der Waals surface area contributed by atoms with E-state index in [-0.39, 0.29) is 0 Å². The Balaban J connectivity index is 1.72. The van der Waals surface area contributed by atoms with Crippen LogP contribution in [0.25, 0.3) is 0 Å². The Hall–Kier alpha value is -0.200. The molecule has 4 nitrogen and oxygen atoms in total. The van der Waals surface area contributed by atoms with E-state index in [0.29, 0.717) is 5.25 Å². The molecule has 0 bridgehead atoms. The second-order valence-electron chi connectivity index (χ2n) is 4.43. The first-order valence-corrected chi connectivity index (χ1v) is 8.82. The molecule has 1 aliphatic rings. The highest BCUT2D eigenvalue weighted by molar-refractivity contribution is 8.06. The van der Waals surface area contributed by atoms with Crippen molar-refractivity contribution in [2.75, 3.05) is 23.8 Å². The first-order chi connectivity index (χ1) is 8.90. The number of hydrogen-bond donors (Lipinski definition) is 1. The minimum absolute atomic E-state index is 0.429. The van der Waals surface area contributed by atoms with Crippen molar-refractivity contribution in [3.05, 3.63) is 11.7 Å². The molecule has 0 saturated carbocycles. The van der Waals surface area contributed by atoms with Crippen molar-refractivity contribution in [2.24, 2.45) is 5.73 Å². The highest BCUT2D eigenvalue weighted by Crippen LogP contribution is 2.35. The molecular weight excluding hydrogens is 266 g/mol. The number of aryl methyl sites for hydroxylation is 1. The predicted octanol–water partition coefficient (Wildman–Crippen LogP) is 2.65. The number of unbranched alkanes of at least 4 members (excludes halogenated alkanes) is 3. The molecule has 1 aromatic rings. The van der Waals surface area contributed by atoms with Gasteiger partial charge in [-0.2, -0.15) is 16.7 Å². The first kappa shape index (κ1) is 14.2. The van der Waals surface area contributed by atoms with E-state index in [1.807, 2.05) is 23.5 Å². The summed E-state index contributed by atoms with van der Waals surface area (Å²) in [5, 5.41) is 4.54. The van der Waals surface area contributed by atoms with Gasteiger partial charge in [-0.1, -0.05) is 18.0 Å². The molecule has 0 spiro atoms. The van der Waals surface area contributed by atoms with Crippen molar-refractivity contribution in [2.45, 2.75) is 37.4 Å². The van der Waals surface area contributed by atoms with Gasteiger partial charge in [0.05, 0.1) is 5.25 Å². The highest BCUT2D eigenvalue weighted by Gasteiger charge is 2.21. The van der Waals surface area contributed by atoms with E-state index in [2.05, 4.69) is 10.1 Å². The largest absolute Gasteiger partial charge is 0.339 e. The number of rotatable bonds is 7. The molecule has 2 heterocycles. The molecule has 2 N–H and O–H groups in total. The molecular formula is C12H21N3OS2. The fourth-order valence-corrected chi connectivity index (χ4v) is 4.50. The summed E-state index contributed by atoms with van der Waals surface area (Å²) in [6, 6.07) is 0. The fraction of sp³-hybridized carbons (Fsp3) is 0.833. The van der Waals surface area contributed by atoms with Gasteiger partial charge in [0.25, 0.3) is 0 Å². The summed E-state index contributed by atoms with van der Waals surface area (Å²) in [5.74, 6) is 5.24. The summed E-state index contributed by atoms with van der Waals surface area (Å²) in [4.78, 5) is 4.52. The van der Waals surface area contributed by atoms with E-state index in [1.165, 1.54) is 24.3 Å². The number of nitrogens with zero attached hydrogens (tertiary/aromatic N) is 2. The SMILES string of the molecule is NCCCCCCc1nc(C2CSCCS2)no1. The lowest BCUT2D eigenvalue weighted by Crippen LogP contribution is -2.08. The van der Waals surface area contributed by atoms with Crippen LogP contribution in [0.1, 0.15) is 42.6 Å². The van der Waals surface area contributed by atoms with Crippen LogP contribution in [-0.2, 0) is 6.42 Å². The fourth-order valence-electron chi connectivity index (χ4n) is 1.91. The molecule has 2 rings (SSSR count). The molecule has 1 aliphatic heterocycles.